The summed E-state index contributed by atoms with van der Waals surface area (Å²) in [6, 6.07) is 21.1. The second kappa shape index (κ2) is 9.38. The first-order valence-electron chi connectivity index (χ1n) is 8.15. The number of hydrogen-bond donors (Lipinski definition) is 1. The summed E-state index contributed by atoms with van der Waals surface area (Å²) >= 11 is 0. The van der Waals surface area contributed by atoms with Gasteiger partial charge in [-0.25, -0.2) is 0 Å². The Morgan fingerprint density at radius 1 is 0.875 bits per heavy atom. The van der Waals surface area contributed by atoms with Crippen molar-refractivity contribution < 1.29 is 0 Å². The number of hydrogen-bond acceptors (Lipinski definition) is 3. The third-order valence-electron chi connectivity index (χ3n) is 4.06. The number of rotatable bonds is 7. The van der Waals surface area contributed by atoms with Crippen LogP contribution in [-0.2, 0) is 13.0 Å². The van der Waals surface area contributed by atoms with E-state index < -0.39 is 0 Å². The second-order valence-electron chi connectivity index (χ2n) is 5.84. The lowest BCUT2D eigenvalue weighted by Gasteiger charge is -2.21. The smallest absolute Gasteiger partial charge is 0.0702 e. The molecule has 0 aliphatic rings. The highest BCUT2D eigenvalue weighted by Crippen LogP contribution is 2.14. The minimum Gasteiger partial charge on any atom is -0.329 e. The van der Waals surface area contributed by atoms with Crippen molar-refractivity contribution in [1.29, 1.82) is 0 Å². The van der Waals surface area contributed by atoms with Crippen LogP contribution < -0.4 is 5.73 Å². The van der Waals surface area contributed by atoms with E-state index in [0.29, 0.717) is 6.54 Å². The first kappa shape index (κ1) is 18.4. The molecule has 0 bridgehead atoms. The topological polar surface area (TPSA) is 42.1 Å². The van der Waals surface area contributed by atoms with E-state index in [4.69, 9.17) is 5.73 Å². The van der Waals surface area contributed by atoms with Gasteiger partial charge in [0.05, 0.1) is 5.52 Å². The largest absolute Gasteiger partial charge is 0.329 e. The average molecular weight is 342 g/mol. The zero-order valence-electron chi connectivity index (χ0n) is 13.8. The highest BCUT2D eigenvalue weighted by molar-refractivity contribution is 5.85. The number of nitrogens with two attached hydrogens (primary N) is 1. The van der Waals surface area contributed by atoms with Crippen molar-refractivity contribution in [1.82, 2.24) is 9.88 Å². The maximum absolute atomic E-state index is 5.79. The molecule has 2 N–H and O–H groups in total. The molecule has 1 aromatic heterocycles. The Kier molecular flexibility index (Phi) is 7.19. The molecule has 0 amide bonds. The molecule has 0 atom stereocenters. The van der Waals surface area contributed by atoms with Crippen LogP contribution in [0.2, 0.25) is 0 Å². The van der Waals surface area contributed by atoms with Crippen LogP contribution in [0.3, 0.4) is 0 Å². The Balaban J connectivity index is 0.00000208. The first-order chi connectivity index (χ1) is 11.3. The van der Waals surface area contributed by atoms with Gasteiger partial charge < -0.3 is 5.73 Å². The molecular formula is C20H24ClN3. The molecule has 3 rings (SSSR count). The Hall–Kier alpha value is -1.94. The zero-order chi connectivity index (χ0) is 15.9. The van der Waals surface area contributed by atoms with Gasteiger partial charge in [0.25, 0.3) is 0 Å². The first-order valence-corrected chi connectivity index (χ1v) is 8.15. The molecule has 24 heavy (non-hydrogen) atoms. The predicted octanol–water partition coefficient (Wildman–Crippen LogP) is 3.66. The van der Waals surface area contributed by atoms with Gasteiger partial charge in [0.15, 0.2) is 0 Å². The van der Waals surface area contributed by atoms with Crippen LogP contribution in [0.25, 0.3) is 10.9 Å². The van der Waals surface area contributed by atoms with Crippen LogP contribution in [-0.4, -0.2) is 29.5 Å². The van der Waals surface area contributed by atoms with Crippen LogP contribution in [0.4, 0.5) is 0 Å². The van der Waals surface area contributed by atoms with E-state index in [1.54, 1.807) is 0 Å². The molecule has 0 unspecified atom stereocenters. The average Bonchev–Trinajstić information content (AvgIpc) is 2.61. The highest BCUT2D eigenvalue weighted by Gasteiger charge is 2.07. The van der Waals surface area contributed by atoms with E-state index in [1.165, 1.54) is 16.5 Å². The van der Waals surface area contributed by atoms with Crippen molar-refractivity contribution in [3.05, 3.63) is 78.0 Å². The van der Waals surface area contributed by atoms with E-state index in [1.807, 2.05) is 18.3 Å². The number of fused-ring (bicyclic) bond motifs is 1. The van der Waals surface area contributed by atoms with Gasteiger partial charge in [-0.15, -0.1) is 12.4 Å². The van der Waals surface area contributed by atoms with Crippen LogP contribution in [0, 0.1) is 0 Å². The molecule has 1 heterocycles. The molecule has 4 heteroatoms. The molecule has 0 saturated carbocycles. The van der Waals surface area contributed by atoms with Crippen LogP contribution in [0.1, 0.15) is 11.1 Å². The fraction of sp³-hybridized carbons (Fsp3) is 0.250. The zero-order valence-corrected chi connectivity index (χ0v) is 14.6. The molecule has 0 fully saturated rings. The minimum atomic E-state index is 0. The number of halogens is 1. The van der Waals surface area contributed by atoms with Crippen molar-refractivity contribution in [3.63, 3.8) is 0 Å². The maximum Gasteiger partial charge on any atom is 0.0702 e. The Morgan fingerprint density at radius 2 is 1.62 bits per heavy atom. The number of nitrogens with zero attached hydrogens (tertiary/aromatic N) is 2. The lowest BCUT2D eigenvalue weighted by Crippen LogP contribution is -2.31. The van der Waals surface area contributed by atoms with Crippen LogP contribution in [0.15, 0.2) is 66.9 Å². The summed E-state index contributed by atoms with van der Waals surface area (Å²) < 4.78 is 0. The van der Waals surface area contributed by atoms with Crippen molar-refractivity contribution in [2.75, 3.05) is 19.6 Å². The van der Waals surface area contributed by atoms with Crippen LogP contribution >= 0.6 is 12.4 Å². The summed E-state index contributed by atoms with van der Waals surface area (Å²) in [4.78, 5) is 6.96. The third-order valence-corrected chi connectivity index (χ3v) is 4.06. The molecule has 0 spiro atoms. The standard InChI is InChI=1S/C20H23N3.ClH/c21-11-13-23(12-10-17-6-2-1-3-7-17)16-18-14-19-8-4-5-9-20(19)22-15-18;/h1-9,14-15H,10-13,16,21H2;1H. The fourth-order valence-corrected chi connectivity index (χ4v) is 2.85. The molecular weight excluding hydrogens is 318 g/mol. The monoisotopic (exact) mass is 341 g/mol. The number of aromatic nitrogens is 1. The summed E-state index contributed by atoms with van der Waals surface area (Å²) in [7, 11) is 0. The van der Waals surface area contributed by atoms with Gasteiger partial charge in [0, 0.05) is 37.8 Å². The van der Waals surface area contributed by atoms with E-state index in [9.17, 15) is 0 Å². The molecule has 0 radical (unpaired) electrons. The SMILES string of the molecule is Cl.NCCN(CCc1ccccc1)Cc1cnc2ccccc2c1. The number of benzene rings is 2. The Labute approximate surface area is 149 Å². The summed E-state index contributed by atoms with van der Waals surface area (Å²) in [5, 5.41) is 1.20. The quantitative estimate of drug-likeness (QED) is 0.713. The maximum atomic E-state index is 5.79. The summed E-state index contributed by atoms with van der Waals surface area (Å²) in [6.07, 6.45) is 3.02. The summed E-state index contributed by atoms with van der Waals surface area (Å²) in [6.45, 7) is 3.48. The Bertz CT molecular complexity index is 746. The molecule has 0 saturated heterocycles. The van der Waals surface area contributed by atoms with Crippen molar-refractivity contribution in [2.24, 2.45) is 5.73 Å². The Morgan fingerprint density at radius 3 is 2.42 bits per heavy atom. The normalized spacial score (nSPS) is 10.8. The van der Waals surface area contributed by atoms with E-state index in [0.717, 1.165) is 31.6 Å². The number of para-hydroxylation sites is 1. The van der Waals surface area contributed by atoms with Gasteiger partial charge in [0.2, 0.25) is 0 Å². The molecule has 0 aliphatic carbocycles. The van der Waals surface area contributed by atoms with Gasteiger partial charge >= 0.3 is 0 Å². The lowest BCUT2D eigenvalue weighted by molar-refractivity contribution is 0.276. The summed E-state index contributed by atoms with van der Waals surface area (Å²) in [5.41, 5.74) is 9.44. The minimum absolute atomic E-state index is 0. The lowest BCUT2D eigenvalue weighted by atomic mass is 10.1. The van der Waals surface area contributed by atoms with E-state index in [-0.39, 0.29) is 12.4 Å². The molecule has 126 valence electrons. The number of pyridine rings is 1. The van der Waals surface area contributed by atoms with Gasteiger partial charge in [0.1, 0.15) is 0 Å². The van der Waals surface area contributed by atoms with E-state index in [2.05, 4.69) is 58.4 Å². The van der Waals surface area contributed by atoms with Gasteiger partial charge in [-0.1, -0.05) is 48.5 Å². The molecule has 3 aromatic rings. The van der Waals surface area contributed by atoms with Gasteiger partial charge in [-0.2, -0.15) is 0 Å². The third kappa shape index (κ3) is 5.03. The van der Waals surface area contributed by atoms with E-state index >= 15 is 0 Å². The van der Waals surface area contributed by atoms with Crippen LogP contribution in [0.5, 0.6) is 0 Å². The summed E-state index contributed by atoms with van der Waals surface area (Å²) in [5.74, 6) is 0. The van der Waals surface area contributed by atoms with Crippen molar-refractivity contribution in [2.45, 2.75) is 13.0 Å². The predicted molar refractivity (Wildman–Crippen MR) is 103 cm³/mol. The molecule has 3 nitrogen and oxygen atoms in total. The fourth-order valence-electron chi connectivity index (χ4n) is 2.85. The van der Waals surface area contributed by atoms with Gasteiger partial charge in [-0.05, 0) is 29.7 Å². The van der Waals surface area contributed by atoms with Gasteiger partial charge in [-0.3, -0.25) is 9.88 Å². The highest BCUT2D eigenvalue weighted by atomic mass is 35.5. The van der Waals surface area contributed by atoms with Crippen molar-refractivity contribution in [3.8, 4) is 0 Å². The molecule has 2 aromatic carbocycles. The van der Waals surface area contributed by atoms with Crippen molar-refractivity contribution >= 4 is 23.3 Å². The second-order valence-corrected chi connectivity index (χ2v) is 5.84. The molecule has 0 aliphatic heterocycles.